The highest BCUT2D eigenvalue weighted by molar-refractivity contribution is 5.95. The molecule has 7 heteroatoms. The lowest BCUT2D eigenvalue weighted by molar-refractivity contribution is -0.144. The number of amides is 2. The van der Waals surface area contributed by atoms with Crippen LogP contribution in [0.25, 0.3) is 0 Å². The zero-order valence-corrected chi connectivity index (χ0v) is 13.1. The van der Waals surface area contributed by atoms with Crippen molar-refractivity contribution in [2.45, 2.75) is 31.6 Å². The Morgan fingerprint density at radius 1 is 1.22 bits per heavy atom. The van der Waals surface area contributed by atoms with Gasteiger partial charge >= 0.3 is 5.97 Å². The molecule has 1 heterocycles. The smallest absolute Gasteiger partial charge is 0.338 e. The number of ether oxygens (including phenoxy) is 2. The monoisotopic (exact) mass is 320 g/mol. The number of epoxide rings is 1. The van der Waals surface area contributed by atoms with Crippen molar-refractivity contribution in [3.63, 3.8) is 0 Å². The van der Waals surface area contributed by atoms with Crippen molar-refractivity contribution in [2.24, 2.45) is 0 Å². The Morgan fingerprint density at radius 3 is 2.52 bits per heavy atom. The molecule has 2 amide bonds. The number of esters is 1. The Hall–Kier alpha value is -2.41. The van der Waals surface area contributed by atoms with Crippen LogP contribution < -0.4 is 10.6 Å². The molecule has 0 aromatic heterocycles. The highest BCUT2D eigenvalue weighted by Crippen LogP contribution is 2.23. The summed E-state index contributed by atoms with van der Waals surface area (Å²) in [6, 6.07) is 8.60. The summed E-state index contributed by atoms with van der Waals surface area (Å²) in [6.45, 7) is 1.90. The number of benzene rings is 1. The first-order chi connectivity index (χ1) is 11.1. The molecule has 1 aliphatic rings. The Bertz CT molecular complexity index is 575. The molecule has 3 atom stereocenters. The van der Waals surface area contributed by atoms with Crippen LogP contribution in [0.2, 0.25) is 0 Å². The molecule has 0 aliphatic carbocycles. The van der Waals surface area contributed by atoms with E-state index in [1.165, 1.54) is 7.05 Å². The summed E-state index contributed by atoms with van der Waals surface area (Å²) in [7, 11) is 1.50. The highest BCUT2D eigenvalue weighted by atomic mass is 16.6. The van der Waals surface area contributed by atoms with Crippen LogP contribution in [0, 0.1) is 0 Å². The number of hydrogen-bond acceptors (Lipinski definition) is 5. The zero-order chi connectivity index (χ0) is 16.8. The molecule has 1 aliphatic heterocycles. The minimum atomic E-state index is -0.892. The molecular weight excluding hydrogens is 300 g/mol. The van der Waals surface area contributed by atoms with Gasteiger partial charge in [-0.25, -0.2) is 4.79 Å². The molecule has 1 aromatic carbocycles. The van der Waals surface area contributed by atoms with E-state index < -0.39 is 30.1 Å². The van der Waals surface area contributed by atoms with Gasteiger partial charge in [0.1, 0.15) is 6.04 Å². The van der Waals surface area contributed by atoms with E-state index in [-0.39, 0.29) is 12.5 Å². The first kappa shape index (κ1) is 17.0. The average Bonchev–Trinajstić information content (AvgIpc) is 3.35. The van der Waals surface area contributed by atoms with Gasteiger partial charge in [0.05, 0.1) is 6.61 Å². The molecular formula is C16H20N2O5. The summed E-state index contributed by atoms with van der Waals surface area (Å²) in [5.41, 5.74) is 0.917. The molecule has 23 heavy (non-hydrogen) atoms. The first-order valence-electron chi connectivity index (χ1n) is 7.44. The quantitative estimate of drug-likeness (QED) is 0.535. The van der Waals surface area contributed by atoms with Gasteiger partial charge in [0.2, 0.25) is 5.91 Å². The van der Waals surface area contributed by atoms with Crippen molar-refractivity contribution in [1.29, 1.82) is 0 Å². The van der Waals surface area contributed by atoms with Gasteiger partial charge in [0.15, 0.2) is 12.2 Å². The first-order valence-corrected chi connectivity index (χ1v) is 7.44. The largest absolute Gasteiger partial charge is 0.464 e. The maximum absolute atomic E-state index is 12.1. The number of carbonyl (C=O) groups is 3. The van der Waals surface area contributed by atoms with E-state index in [9.17, 15) is 14.4 Å². The highest BCUT2D eigenvalue weighted by Gasteiger charge is 2.52. The van der Waals surface area contributed by atoms with Crippen LogP contribution in [0.5, 0.6) is 0 Å². The van der Waals surface area contributed by atoms with E-state index in [2.05, 4.69) is 10.6 Å². The lowest BCUT2D eigenvalue weighted by Crippen LogP contribution is -2.48. The lowest BCUT2D eigenvalue weighted by atomic mass is 10.0. The SMILES string of the molecule is CCOC(=O)C1OC1C(=O)N[C@@H](Cc1ccccc1)C(=O)NC. The maximum Gasteiger partial charge on any atom is 0.338 e. The van der Waals surface area contributed by atoms with Crippen LogP contribution in [-0.2, 0) is 30.3 Å². The van der Waals surface area contributed by atoms with Crippen LogP contribution in [0.15, 0.2) is 30.3 Å². The number of nitrogens with one attached hydrogen (secondary N) is 2. The summed E-state index contributed by atoms with van der Waals surface area (Å²) >= 11 is 0. The molecule has 1 saturated heterocycles. The lowest BCUT2D eigenvalue weighted by Gasteiger charge is -2.16. The fraction of sp³-hybridized carbons (Fsp3) is 0.438. The second kappa shape index (κ2) is 7.73. The molecule has 0 bridgehead atoms. The minimum absolute atomic E-state index is 0.224. The fourth-order valence-electron chi connectivity index (χ4n) is 2.20. The maximum atomic E-state index is 12.1. The van der Waals surface area contributed by atoms with Crippen LogP contribution in [0.1, 0.15) is 12.5 Å². The van der Waals surface area contributed by atoms with E-state index in [4.69, 9.17) is 9.47 Å². The van der Waals surface area contributed by atoms with E-state index >= 15 is 0 Å². The van der Waals surface area contributed by atoms with Gasteiger partial charge < -0.3 is 20.1 Å². The standard InChI is InChI=1S/C16H20N2O5/c1-3-22-16(21)13-12(23-13)15(20)18-11(14(19)17-2)9-10-7-5-4-6-8-10/h4-8,11-13H,3,9H2,1-2H3,(H,17,19)(H,18,20)/t11-,12?,13?/m0/s1. The third-order valence-electron chi connectivity index (χ3n) is 3.43. The van der Waals surface area contributed by atoms with Crippen LogP contribution in [0.3, 0.4) is 0 Å². The van der Waals surface area contributed by atoms with Gasteiger partial charge in [-0.3, -0.25) is 9.59 Å². The topological polar surface area (TPSA) is 97.0 Å². The van der Waals surface area contributed by atoms with Crippen molar-refractivity contribution in [3.8, 4) is 0 Å². The second-order valence-electron chi connectivity index (χ2n) is 5.09. The summed E-state index contributed by atoms with van der Waals surface area (Å²) in [6.07, 6.45) is -1.42. The van der Waals surface area contributed by atoms with E-state index in [0.29, 0.717) is 6.42 Å². The van der Waals surface area contributed by atoms with Gasteiger partial charge in [-0.2, -0.15) is 0 Å². The Balaban J connectivity index is 1.95. The number of hydrogen-bond donors (Lipinski definition) is 2. The van der Waals surface area contributed by atoms with Crippen molar-refractivity contribution in [2.75, 3.05) is 13.7 Å². The van der Waals surface area contributed by atoms with Gasteiger partial charge in [0.25, 0.3) is 5.91 Å². The molecule has 2 unspecified atom stereocenters. The third-order valence-corrected chi connectivity index (χ3v) is 3.43. The third kappa shape index (κ3) is 4.53. The second-order valence-corrected chi connectivity index (χ2v) is 5.09. The van der Waals surface area contributed by atoms with Crippen LogP contribution in [-0.4, -0.2) is 49.7 Å². The van der Waals surface area contributed by atoms with Crippen molar-refractivity contribution >= 4 is 17.8 Å². The van der Waals surface area contributed by atoms with Crippen molar-refractivity contribution in [3.05, 3.63) is 35.9 Å². The molecule has 0 radical (unpaired) electrons. The summed E-state index contributed by atoms with van der Waals surface area (Å²) < 4.78 is 9.83. The van der Waals surface area contributed by atoms with Gasteiger partial charge in [0, 0.05) is 13.5 Å². The minimum Gasteiger partial charge on any atom is -0.464 e. The average molecular weight is 320 g/mol. The summed E-state index contributed by atoms with van der Waals surface area (Å²) in [5.74, 6) is -1.37. The molecule has 0 saturated carbocycles. The predicted molar refractivity (Wildman–Crippen MR) is 81.4 cm³/mol. The molecule has 2 rings (SSSR count). The zero-order valence-electron chi connectivity index (χ0n) is 13.1. The Labute approximate surface area is 134 Å². The van der Waals surface area contributed by atoms with Crippen LogP contribution in [0.4, 0.5) is 0 Å². The van der Waals surface area contributed by atoms with Crippen molar-refractivity contribution < 1.29 is 23.9 Å². The molecule has 1 aromatic rings. The number of carbonyl (C=O) groups excluding carboxylic acids is 3. The Morgan fingerprint density at radius 2 is 1.91 bits per heavy atom. The normalized spacial score (nSPS) is 20.3. The van der Waals surface area contributed by atoms with Gasteiger partial charge in [-0.05, 0) is 12.5 Å². The van der Waals surface area contributed by atoms with Gasteiger partial charge in [-0.1, -0.05) is 30.3 Å². The van der Waals surface area contributed by atoms with E-state index in [0.717, 1.165) is 5.56 Å². The van der Waals surface area contributed by atoms with Crippen molar-refractivity contribution in [1.82, 2.24) is 10.6 Å². The summed E-state index contributed by atoms with van der Waals surface area (Å²) in [4.78, 5) is 35.6. The molecule has 7 nitrogen and oxygen atoms in total. The van der Waals surface area contributed by atoms with E-state index in [1.54, 1.807) is 6.92 Å². The van der Waals surface area contributed by atoms with E-state index in [1.807, 2.05) is 30.3 Å². The number of rotatable bonds is 7. The summed E-state index contributed by atoms with van der Waals surface area (Å²) in [5, 5.41) is 5.14. The molecule has 2 N–H and O–H groups in total. The Kier molecular flexibility index (Phi) is 5.70. The molecule has 0 spiro atoms. The molecule has 124 valence electrons. The van der Waals surface area contributed by atoms with Gasteiger partial charge in [-0.15, -0.1) is 0 Å². The fourth-order valence-corrected chi connectivity index (χ4v) is 2.20. The predicted octanol–water partition coefficient (Wildman–Crippen LogP) is -0.210. The number of likely N-dealkylation sites (N-methyl/N-ethyl adjacent to an activating group) is 1. The van der Waals surface area contributed by atoms with Crippen LogP contribution >= 0.6 is 0 Å². The molecule has 1 fully saturated rings.